The van der Waals surface area contributed by atoms with Gasteiger partial charge in [0, 0.05) is 11.3 Å². The van der Waals surface area contributed by atoms with Crippen LogP contribution < -0.4 is 11.1 Å². The zero-order valence-corrected chi connectivity index (χ0v) is 14.0. The van der Waals surface area contributed by atoms with Crippen molar-refractivity contribution in [3.63, 3.8) is 0 Å². The molecule has 1 amide bonds. The molecule has 26 heavy (non-hydrogen) atoms. The van der Waals surface area contributed by atoms with Gasteiger partial charge in [0.05, 0.1) is 12.7 Å². The average molecular weight is 351 g/mol. The van der Waals surface area contributed by atoms with E-state index in [0.29, 0.717) is 22.6 Å². The SMILES string of the molecule is COC(=O)c1cccc(C(N)C(=O)Nc2ccc(-c3ncn[nH]3)cc2)c1. The molecule has 8 heteroatoms. The van der Waals surface area contributed by atoms with Crippen molar-refractivity contribution in [1.82, 2.24) is 15.2 Å². The second-order valence-electron chi connectivity index (χ2n) is 5.50. The molecule has 0 spiro atoms. The van der Waals surface area contributed by atoms with Gasteiger partial charge in [0.15, 0.2) is 5.82 Å². The molecule has 3 aromatic rings. The van der Waals surface area contributed by atoms with Crippen LogP contribution in [0.3, 0.4) is 0 Å². The number of rotatable bonds is 5. The minimum absolute atomic E-state index is 0.338. The molecule has 1 unspecified atom stereocenters. The number of H-pyrrole nitrogens is 1. The van der Waals surface area contributed by atoms with Gasteiger partial charge in [0.2, 0.25) is 5.91 Å². The van der Waals surface area contributed by atoms with Gasteiger partial charge in [-0.05, 0) is 42.0 Å². The number of nitrogens with two attached hydrogens (primary N) is 1. The number of aromatic nitrogens is 3. The Bertz CT molecular complexity index is 907. The van der Waals surface area contributed by atoms with Crippen LogP contribution >= 0.6 is 0 Å². The van der Waals surface area contributed by atoms with Crippen molar-refractivity contribution < 1.29 is 14.3 Å². The normalized spacial score (nSPS) is 11.6. The molecule has 1 heterocycles. The fourth-order valence-corrected chi connectivity index (χ4v) is 2.40. The number of carbonyl (C=O) groups excluding carboxylic acids is 2. The highest BCUT2D eigenvalue weighted by Crippen LogP contribution is 2.19. The van der Waals surface area contributed by atoms with Crippen LogP contribution in [0.4, 0.5) is 5.69 Å². The molecule has 1 atom stereocenters. The summed E-state index contributed by atoms with van der Waals surface area (Å²) in [5.74, 6) is -0.235. The summed E-state index contributed by atoms with van der Waals surface area (Å²) in [6.07, 6.45) is 1.42. The van der Waals surface area contributed by atoms with Crippen LogP contribution in [-0.4, -0.2) is 34.2 Å². The van der Waals surface area contributed by atoms with Crippen molar-refractivity contribution in [1.29, 1.82) is 0 Å². The molecule has 2 aromatic carbocycles. The summed E-state index contributed by atoms with van der Waals surface area (Å²) in [6.45, 7) is 0. The van der Waals surface area contributed by atoms with Gasteiger partial charge in [-0.1, -0.05) is 12.1 Å². The van der Waals surface area contributed by atoms with E-state index in [1.807, 2.05) is 0 Å². The van der Waals surface area contributed by atoms with Crippen LogP contribution in [0.2, 0.25) is 0 Å². The van der Waals surface area contributed by atoms with E-state index >= 15 is 0 Å². The molecule has 3 rings (SSSR count). The van der Waals surface area contributed by atoms with E-state index < -0.39 is 12.0 Å². The second kappa shape index (κ2) is 7.58. The third-order valence-corrected chi connectivity index (χ3v) is 3.79. The summed E-state index contributed by atoms with van der Waals surface area (Å²) >= 11 is 0. The number of nitrogens with zero attached hydrogens (tertiary/aromatic N) is 2. The molecule has 0 radical (unpaired) electrons. The first-order valence-electron chi connectivity index (χ1n) is 7.79. The van der Waals surface area contributed by atoms with Gasteiger partial charge < -0.3 is 15.8 Å². The summed E-state index contributed by atoms with van der Waals surface area (Å²) in [4.78, 5) is 28.1. The van der Waals surface area contributed by atoms with Crippen LogP contribution in [-0.2, 0) is 9.53 Å². The Hall–Kier alpha value is -3.52. The van der Waals surface area contributed by atoms with Crippen molar-refractivity contribution in [3.05, 3.63) is 66.0 Å². The maximum Gasteiger partial charge on any atom is 0.337 e. The summed E-state index contributed by atoms with van der Waals surface area (Å²) in [7, 11) is 1.30. The first-order valence-corrected chi connectivity index (χ1v) is 7.79. The van der Waals surface area contributed by atoms with E-state index in [0.717, 1.165) is 5.56 Å². The maximum absolute atomic E-state index is 12.4. The first-order chi connectivity index (χ1) is 12.6. The number of hydrogen-bond donors (Lipinski definition) is 3. The van der Waals surface area contributed by atoms with Gasteiger partial charge in [-0.2, -0.15) is 5.10 Å². The van der Waals surface area contributed by atoms with Crippen LogP contribution in [0.15, 0.2) is 54.9 Å². The highest BCUT2D eigenvalue weighted by Gasteiger charge is 2.18. The maximum atomic E-state index is 12.4. The molecule has 0 saturated heterocycles. The number of benzene rings is 2. The Balaban J connectivity index is 1.70. The Kier molecular flexibility index (Phi) is 5.04. The molecule has 8 nitrogen and oxygen atoms in total. The molecule has 0 aliphatic carbocycles. The number of hydrogen-bond acceptors (Lipinski definition) is 6. The van der Waals surface area contributed by atoms with Gasteiger partial charge in [-0.25, -0.2) is 9.78 Å². The summed E-state index contributed by atoms with van der Waals surface area (Å²) < 4.78 is 4.68. The molecule has 0 aliphatic heterocycles. The molecule has 0 bridgehead atoms. The Morgan fingerprint density at radius 2 is 1.96 bits per heavy atom. The predicted molar refractivity (Wildman–Crippen MR) is 95.2 cm³/mol. The Labute approximate surface area is 149 Å². The molecule has 0 fully saturated rings. The molecule has 0 aliphatic rings. The minimum Gasteiger partial charge on any atom is -0.465 e. The summed E-state index contributed by atoms with van der Waals surface area (Å²) in [5, 5.41) is 9.31. The number of amides is 1. The highest BCUT2D eigenvalue weighted by molar-refractivity contribution is 5.96. The van der Waals surface area contributed by atoms with Crippen molar-refractivity contribution in [2.75, 3.05) is 12.4 Å². The number of ether oxygens (including phenoxy) is 1. The first kappa shape index (κ1) is 17.3. The highest BCUT2D eigenvalue weighted by atomic mass is 16.5. The van der Waals surface area contributed by atoms with Crippen LogP contribution in [0, 0.1) is 0 Å². The van der Waals surface area contributed by atoms with E-state index in [-0.39, 0.29) is 5.91 Å². The fourth-order valence-electron chi connectivity index (χ4n) is 2.40. The molecular weight excluding hydrogens is 334 g/mol. The number of carbonyl (C=O) groups is 2. The lowest BCUT2D eigenvalue weighted by atomic mass is 10.0. The van der Waals surface area contributed by atoms with Crippen LogP contribution in [0.1, 0.15) is 22.0 Å². The predicted octanol–water partition coefficient (Wildman–Crippen LogP) is 1.90. The topological polar surface area (TPSA) is 123 Å². The van der Waals surface area contributed by atoms with Crippen molar-refractivity contribution in [2.45, 2.75) is 6.04 Å². The van der Waals surface area contributed by atoms with E-state index in [4.69, 9.17) is 5.73 Å². The Morgan fingerprint density at radius 1 is 1.19 bits per heavy atom. The lowest BCUT2D eigenvalue weighted by Crippen LogP contribution is -2.27. The minimum atomic E-state index is -0.923. The third-order valence-electron chi connectivity index (χ3n) is 3.79. The summed E-state index contributed by atoms with van der Waals surface area (Å²) in [5.41, 5.74) is 8.31. The molecule has 0 saturated carbocycles. The average Bonchev–Trinajstić information content (AvgIpc) is 3.22. The van der Waals surface area contributed by atoms with Gasteiger partial charge in [0.1, 0.15) is 12.4 Å². The Morgan fingerprint density at radius 3 is 2.62 bits per heavy atom. The number of methoxy groups -OCH3 is 1. The van der Waals surface area contributed by atoms with Crippen LogP contribution in [0.5, 0.6) is 0 Å². The lowest BCUT2D eigenvalue weighted by molar-refractivity contribution is -0.117. The van der Waals surface area contributed by atoms with Gasteiger partial charge in [0.25, 0.3) is 0 Å². The van der Waals surface area contributed by atoms with Gasteiger partial charge in [-0.15, -0.1) is 0 Å². The zero-order valence-electron chi connectivity index (χ0n) is 14.0. The summed E-state index contributed by atoms with van der Waals surface area (Å²) in [6, 6.07) is 12.7. The largest absolute Gasteiger partial charge is 0.465 e. The molecule has 4 N–H and O–H groups in total. The van der Waals surface area contributed by atoms with E-state index in [1.54, 1.807) is 48.5 Å². The molecule has 1 aromatic heterocycles. The third kappa shape index (κ3) is 3.76. The molecule has 132 valence electrons. The van der Waals surface area contributed by atoms with E-state index in [2.05, 4.69) is 25.2 Å². The number of nitrogens with one attached hydrogen (secondary N) is 2. The van der Waals surface area contributed by atoms with Crippen LogP contribution in [0.25, 0.3) is 11.4 Å². The lowest BCUT2D eigenvalue weighted by Gasteiger charge is -2.13. The fraction of sp³-hybridized carbons (Fsp3) is 0.111. The monoisotopic (exact) mass is 351 g/mol. The van der Waals surface area contributed by atoms with Crippen molar-refractivity contribution in [3.8, 4) is 11.4 Å². The van der Waals surface area contributed by atoms with E-state index in [1.165, 1.54) is 13.4 Å². The van der Waals surface area contributed by atoms with Gasteiger partial charge >= 0.3 is 5.97 Å². The van der Waals surface area contributed by atoms with Crippen molar-refractivity contribution >= 4 is 17.6 Å². The second-order valence-corrected chi connectivity index (χ2v) is 5.50. The number of aromatic amines is 1. The number of esters is 1. The molecular formula is C18H17N5O3. The number of anilines is 1. The smallest absolute Gasteiger partial charge is 0.337 e. The van der Waals surface area contributed by atoms with Gasteiger partial charge in [-0.3, -0.25) is 9.89 Å². The zero-order chi connectivity index (χ0) is 18.5. The standard InChI is InChI=1S/C18H17N5O3/c1-26-18(25)13-4-2-3-12(9-13)15(19)17(24)22-14-7-5-11(6-8-14)16-20-10-21-23-16/h2-10,15H,19H2,1H3,(H,22,24)(H,20,21,23). The quantitative estimate of drug-likeness (QED) is 0.603. The van der Waals surface area contributed by atoms with Crippen molar-refractivity contribution in [2.24, 2.45) is 5.73 Å². The van der Waals surface area contributed by atoms with E-state index in [9.17, 15) is 9.59 Å².